The Morgan fingerprint density at radius 1 is 1.33 bits per heavy atom. The number of methoxy groups -OCH3 is 1. The van der Waals surface area contributed by atoms with Crippen molar-refractivity contribution in [2.75, 3.05) is 26.8 Å². The fourth-order valence-electron chi connectivity index (χ4n) is 3.55. The standard InChI is InChI=1S/C17H23NO3/c1-20-16-7-3-2-6-14(16)11-13-5-4-9-18(12-13)15-8-10-21-17(15)19/h2-3,6-7,13,15H,4-5,8-12H2,1H3/t13-,15+/m0/s1. The zero-order valence-electron chi connectivity index (χ0n) is 12.6. The number of benzene rings is 1. The third kappa shape index (κ3) is 3.21. The molecule has 2 aliphatic heterocycles. The number of carbonyl (C=O) groups excluding carboxylic acids is 1. The predicted molar refractivity (Wildman–Crippen MR) is 80.4 cm³/mol. The summed E-state index contributed by atoms with van der Waals surface area (Å²) < 4.78 is 10.6. The summed E-state index contributed by atoms with van der Waals surface area (Å²) in [5, 5.41) is 0. The minimum absolute atomic E-state index is 0.00883. The van der Waals surface area contributed by atoms with Crippen LogP contribution in [0.3, 0.4) is 0 Å². The number of para-hydroxylation sites is 1. The molecule has 1 aromatic carbocycles. The number of esters is 1. The molecular weight excluding hydrogens is 266 g/mol. The molecule has 0 aliphatic carbocycles. The van der Waals surface area contributed by atoms with E-state index in [0.717, 1.165) is 38.1 Å². The van der Waals surface area contributed by atoms with Gasteiger partial charge in [0, 0.05) is 13.0 Å². The van der Waals surface area contributed by atoms with Gasteiger partial charge in [0.1, 0.15) is 11.8 Å². The Labute approximate surface area is 126 Å². The highest BCUT2D eigenvalue weighted by molar-refractivity contribution is 5.77. The molecule has 4 nitrogen and oxygen atoms in total. The Morgan fingerprint density at radius 2 is 2.19 bits per heavy atom. The number of nitrogens with zero attached hydrogens (tertiary/aromatic N) is 1. The summed E-state index contributed by atoms with van der Waals surface area (Å²) in [6.45, 7) is 2.58. The van der Waals surface area contributed by atoms with Gasteiger partial charge < -0.3 is 9.47 Å². The lowest BCUT2D eigenvalue weighted by molar-refractivity contribution is -0.142. The lowest BCUT2D eigenvalue weighted by Crippen LogP contribution is -2.45. The molecule has 0 aromatic heterocycles. The highest BCUT2D eigenvalue weighted by Gasteiger charge is 2.35. The Bertz CT molecular complexity index is 503. The Hall–Kier alpha value is -1.55. The third-order valence-corrected chi connectivity index (χ3v) is 4.60. The van der Waals surface area contributed by atoms with Crippen molar-refractivity contribution in [3.8, 4) is 5.75 Å². The summed E-state index contributed by atoms with van der Waals surface area (Å²) in [6, 6.07) is 8.22. The summed E-state index contributed by atoms with van der Waals surface area (Å²) in [7, 11) is 1.72. The van der Waals surface area contributed by atoms with Crippen LogP contribution in [0.15, 0.2) is 24.3 Å². The van der Waals surface area contributed by atoms with Gasteiger partial charge in [-0.2, -0.15) is 0 Å². The molecule has 0 N–H and O–H groups in total. The van der Waals surface area contributed by atoms with Crippen LogP contribution in [-0.2, 0) is 16.0 Å². The molecule has 0 amide bonds. The summed E-state index contributed by atoms with van der Waals surface area (Å²) in [5.41, 5.74) is 1.26. The average molecular weight is 289 g/mol. The van der Waals surface area contributed by atoms with Crippen LogP contribution in [0.2, 0.25) is 0 Å². The molecule has 0 radical (unpaired) electrons. The molecule has 2 atom stereocenters. The van der Waals surface area contributed by atoms with E-state index in [4.69, 9.17) is 9.47 Å². The van der Waals surface area contributed by atoms with E-state index >= 15 is 0 Å². The van der Waals surface area contributed by atoms with Crippen molar-refractivity contribution in [1.29, 1.82) is 0 Å². The van der Waals surface area contributed by atoms with Crippen LogP contribution in [0.1, 0.15) is 24.8 Å². The molecule has 2 saturated heterocycles. The van der Waals surface area contributed by atoms with Crippen LogP contribution < -0.4 is 4.74 Å². The monoisotopic (exact) mass is 289 g/mol. The minimum Gasteiger partial charge on any atom is -0.496 e. The molecule has 2 aliphatic rings. The van der Waals surface area contributed by atoms with Crippen molar-refractivity contribution in [1.82, 2.24) is 4.90 Å². The molecule has 2 heterocycles. The van der Waals surface area contributed by atoms with Crippen LogP contribution in [0, 0.1) is 5.92 Å². The van der Waals surface area contributed by atoms with Gasteiger partial charge in [-0.1, -0.05) is 18.2 Å². The highest BCUT2D eigenvalue weighted by atomic mass is 16.5. The number of likely N-dealkylation sites (tertiary alicyclic amines) is 1. The Balaban J connectivity index is 1.64. The molecule has 0 unspecified atom stereocenters. The first kappa shape index (κ1) is 14.4. The second-order valence-corrected chi connectivity index (χ2v) is 5.99. The van der Waals surface area contributed by atoms with Gasteiger partial charge in [-0.05, 0) is 43.4 Å². The lowest BCUT2D eigenvalue weighted by atomic mass is 9.90. The van der Waals surface area contributed by atoms with Crippen LogP contribution in [0.25, 0.3) is 0 Å². The number of rotatable bonds is 4. The van der Waals surface area contributed by atoms with Crippen LogP contribution >= 0.6 is 0 Å². The van der Waals surface area contributed by atoms with Gasteiger partial charge in [0.25, 0.3) is 0 Å². The van der Waals surface area contributed by atoms with Crippen molar-refractivity contribution < 1.29 is 14.3 Å². The molecule has 0 spiro atoms. The molecule has 0 bridgehead atoms. The molecule has 1 aromatic rings. The normalized spacial score (nSPS) is 26.6. The van der Waals surface area contributed by atoms with Crippen molar-refractivity contribution in [3.63, 3.8) is 0 Å². The first-order valence-corrected chi connectivity index (χ1v) is 7.80. The fourth-order valence-corrected chi connectivity index (χ4v) is 3.55. The zero-order chi connectivity index (χ0) is 14.7. The van der Waals surface area contributed by atoms with Gasteiger partial charge in [0.15, 0.2) is 0 Å². The topological polar surface area (TPSA) is 38.8 Å². The molecule has 0 saturated carbocycles. The average Bonchev–Trinajstić information content (AvgIpc) is 2.94. The molecule has 3 rings (SSSR count). The van der Waals surface area contributed by atoms with E-state index in [1.165, 1.54) is 12.0 Å². The quantitative estimate of drug-likeness (QED) is 0.797. The van der Waals surface area contributed by atoms with Gasteiger partial charge in [-0.3, -0.25) is 9.69 Å². The van der Waals surface area contributed by atoms with E-state index in [-0.39, 0.29) is 12.0 Å². The van der Waals surface area contributed by atoms with E-state index in [0.29, 0.717) is 12.5 Å². The number of ether oxygens (including phenoxy) is 2. The summed E-state index contributed by atoms with van der Waals surface area (Å²) in [6.07, 6.45) is 4.24. The summed E-state index contributed by atoms with van der Waals surface area (Å²) in [5.74, 6) is 1.52. The molecular formula is C17H23NO3. The van der Waals surface area contributed by atoms with Gasteiger partial charge in [-0.15, -0.1) is 0 Å². The number of hydrogen-bond acceptors (Lipinski definition) is 4. The Morgan fingerprint density at radius 3 is 2.95 bits per heavy atom. The first-order valence-electron chi connectivity index (χ1n) is 7.80. The molecule has 4 heteroatoms. The number of piperidine rings is 1. The van der Waals surface area contributed by atoms with E-state index in [1.807, 2.05) is 12.1 Å². The van der Waals surface area contributed by atoms with E-state index in [9.17, 15) is 4.79 Å². The van der Waals surface area contributed by atoms with Crippen LogP contribution in [0.5, 0.6) is 5.75 Å². The van der Waals surface area contributed by atoms with Crippen molar-refractivity contribution in [2.45, 2.75) is 31.7 Å². The van der Waals surface area contributed by atoms with Crippen molar-refractivity contribution >= 4 is 5.97 Å². The van der Waals surface area contributed by atoms with Gasteiger partial charge in [-0.25, -0.2) is 0 Å². The van der Waals surface area contributed by atoms with Gasteiger partial charge >= 0.3 is 5.97 Å². The second-order valence-electron chi connectivity index (χ2n) is 5.99. The summed E-state index contributed by atoms with van der Waals surface area (Å²) >= 11 is 0. The van der Waals surface area contributed by atoms with E-state index < -0.39 is 0 Å². The maximum absolute atomic E-state index is 11.8. The SMILES string of the molecule is COc1ccccc1C[C@@H]1CCCN([C@@H]2CCOC2=O)C1. The second kappa shape index (κ2) is 6.48. The van der Waals surface area contributed by atoms with Crippen LogP contribution in [-0.4, -0.2) is 43.7 Å². The van der Waals surface area contributed by atoms with Crippen LogP contribution in [0.4, 0.5) is 0 Å². The van der Waals surface area contributed by atoms with E-state index in [1.54, 1.807) is 7.11 Å². The summed E-state index contributed by atoms with van der Waals surface area (Å²) in [4.78, 5) is 14.1. The highest BCUT2D eigenvalue weighted by Crippen LogP contribution is 2.28. The predicted octanol–water partition coefficient (Wildman–Crippen LogP) is 2.27. The maximum atomic E-state index is 11.8. The van der Waals surface area contributed by atoms with Crippen molar-refractivity contribution in [2.24, 2.45) is 5.92 Å². The first-order chi connectivity index (χ1) is 10.3. The van der Waals surface area contributed by atoms with Gasteiger partial charge in [0.2, 0.25) is 0 Å². The smallest absolute Gasteiger partial charge is 0.323 e. The minimum atomic E-state index is -0.0343. The molecule has 114 valence electrons. The van der Waals surface area contributed by atoms with Gasteiger partial charge in [0.05, 0.1) is 13.7 Å². The lowest BCUT2D eigenvalue weighted by Gasteiger charge is -2.35. The molecule has 21 heavy (non-hydrogen) atoms. The van der Waals surface area contributed by atoms with E-state index in [2.05, 4.69) is 17.0 Å². The number of cyclic esters (lactones) is 1. The number of hydrogen-bond donors (Lipinski definition) is 0. The molecule has 2 fully saturated rings. The van der Waals surface area contributed by atoms with Crippen molar-refractivity contribution in [3.05, 3.63) is 29.8 Å². The Kier molecular flexibility index (Phi) is 4.44. The maximum Gasteiger partial charge on any atom is 0.323 e. The zero-order valence-corrected chi connectivity index (χ0v) is 12.6. The fraction of sp³-hybridized carbons (Fsp3) is 0.588. The number of carbonyl (C=O) groups is 1. The third-order valence-electron chi connectivity index (χ3n) is 4.60. The largest absolute Gasteiger partial charge is 0.496 e.